The number of hydrogen-bond donors (Lipinski definition) is 1. The molecule has 0 spiro atoms. The van der Waals surface area contributed by atoms with Crippen LogP contribution in [0, 0.1) is 4.77 Å². The van der Waals surface area contributed by atoms with Gasteiger partial charge in [0, 0.05) is 0 Å². The van der Waals surface area contributed by atoms with Gasteiger partial charge in [0.15, 0.2) is 0 Å². The summed E-state index contributed by atoms with van der Waals surface area (Å²) in [7, 11) is 0. The lowest BCUT2D eigenvalue weighted by Gasteiger charge is -2.00. The molecule has 6 heteroatoms. The van der Waals surface area contributed by atoms with Crippen LogP contribution in [0.5, 0.6) is 0 Å². The zero-order chi connectivity index (χ0) is 8.43. The van der Waals surface area contributed by atoms with Crippen LogP contribution < -0.4 is 0 Å². The van der Waals surface area contributed by atoms with E-state index in [2.05, 4.69) is 10.4 Å². The van der Waals surface area contributed by atoms with Crippen molar-refractivity contribution in [2.75, 3.05) is 0 Å². The number of aromatic nitrogens is 4. The molecule has 0 fully saturated rings. The molecule has 1 aromatic heterocycles. The second-order valence-corrected chi connectivity index (χ2v) is 2.81. The molecule has 0 aliphatic carbocycles. The molecular weight excluding hydrogens is 164 g/mol. The molecule has 1 rings (SSSR count). The van der Waals surface area contributed by atoms with Gasteiger partial charge in [0.2, 0.25) is 4.77 Å². The predicted octanol–water partition coefficient (Wildman–Crippen LogP) is 0.340. The Morgan fingerprint density at radius 3 is 2.45 bits per heavy atom. The Labute approximate surface area is 69.2 Å². The Hall–Kier alpha value is -0.750. The summed E-state index contributed by atoms with van der Waals surface area (Å²) in [5.74, 6) is 0. The van der Waals surface area contributed by atoms with Crippen LogP contribution in [-0.4, -0.2) is 24.9 Å². The predicted molar refractivity (Wildman–Crippen MR) is 41.4 cm³/mol. The summed E-state index contributed by atoms with van der Waals surface area (Å²) in [5, 5.41) is 16.1. The van der Waals surface area contributed by atoms with E-state index in [4.69, 9.17) is 17.3 Å². The first-order valence-corrected chi connectivity index (χ1v) is 3.70. The smallest absolute Gasteiger partial charge is 0.218 e. The minimum Gasteiger partial charge on any atom is -0.374 e. The van der Waals surface area contributed by atoms with Gasteiger partial charge in [-0.2, -0.15) is 4.68 Å². The van der Waals surface area contributed by atoms with Gasteiger partial charge in [-0.25, -0.2) is 4.68 Å². The maximum atomic E-state index is 8.69. The van der Waals surface area contributed by atoms with Gasteiger partial charge in [0.1, 0.15) is 6.73 Å². The average Bonchev–Trinajstić information content (AvgIpc) is 2.30. The average molecular weight is 174 g/mol. The normalized spacial score (nSPS) is 10.9. The van der Waals surface area contributed by atoms with Gasteiger partial charge in [-0.05, 0) is 36.5 Å². The standard InChI is InChI=1S/C5H10N4OS/c1-4(2)9-5(11)8(3-10)6-7-9/h4,10H,3H2,1-2H3. The highest BCUT2D eigenvalue weighted by atomic mass is 32.1. The van der Waals surface area contributed by atoms with E-state index in [9.17, 15) is 0 Å². The SMILES string of the molecule is CC(C)n1nnn(CO)c1=S. The van der Waals surface area contributed by atoms with E-state index >= 15 is 0 Å². The number of hydrogen-bond acceptors (Lipinski definition) is 4. The van der Waals surface area contributed by atoms with Crippen molar-refractivity contribution in [2.24, 2.45) is 0 Å². The molecule has 0 aromatic carbocycles. The molecular formula is C5H10N4OS. The molecule has 0 atom stereocenters. The summed E-state index contributed by atoms with van der Waals surface area (Å²) in [6.07, 6.45) is 0. The van der Waals surface area contributed by atoms with Crippen molar-refractivity contribution in [3.63, 3.8) is 0 Å². The fourth-order valence-electron chi connectivity index (χ4n) is 0.699. The Morgan fingerprint density at radius 2 is 2.18 bits per heavy atom. The first kappa shape index (κ1) is 8.35. The lowest BCUT2D eigenvalue weighted by Crippen LogP contribution is -2.04. The van der Waals surface area contributed by atoms with E-state index in [1.54, 1.807) is 4.68 Å². The van der Waals surface area contributed by atoms with Crippen LogP contribution in [-0.2, 0) is 6.73 Å². The molecule has 62 valence electrons. The van der Waals surface area contributed by atoms with Crippen molar-refractivity contribution in [1.82, 2.24) is 19.8 Å². The van der Waals surface area contributed by atoms with Crippen LogP contribution in [0.4, 0.5) is 0 Å². The summed E-state index contributed by atoms with van der Waals surface area (Å²) in [5.41, 5.74) is 0. The third-order valence-corrected chi connectivity index (χ3v) is 1.68. The summed E-state index contributed by atoms with van der Waals surface area (Å²) in [6, 6.07) is 0.183. The number of nitrogens with zero attached hydrogens (tertiary/aromatic N) is 4. The van der Waals surface area contributed by atoms with E-state index in [-0.39, 0.29) is 12.8 Å². The highest BCUT2D eigenvalue weighted by Gasteiger charge is 2.03. The van der Waals surface area contributed by atoms with Crippen LogP contribution >= 0.6 is 12.2 Å². The summed E-state index contributed by atoms with van der Waals surface area (Å²) < 4.78 is 3.28. The van der Waals surface area contributed by atoms with Gasteiger partial charge in [0.25, 0.3) is 0 Å². The van der Waals surface area contributed by atoms with Crippen molar-refractivity contribution < 1.29 is 5.11 Å². The highest BCUT2D eigenvalue weighted by molar-refractivity contribution is 7.71. The number of tetrazole rings is 1. The van der Waals surface area contributed by atoms with E-state index in [0.717, 1.165) is 0 Å². The van der Waals surface area contributed by atoms with Gasteiger partial charge in [-0.3, -0.25) is 0 Å². The zero-order valence-corrected chi connectivity index (χ0v) is 7.25. The van der Waals surface area contributed by atoms with Gasteiger partial charge in [0.05, 0.1) is 6.04 Å². The topological polar surface area (TPSA) is 55.9 Å². The monoisotopic (exact) mass is 174 g/mol. The minimum absolute atomic E-state index is 0.183. The number of aliphatic hydroxyl groups is 1. The van der Waals surface area contributed by atoms with E-state index in [1.807, 2.05) is 13.8 Å². The molecule has 1 aromatic rings. The fraction of sp³-hybridized carbons (Fsp3) is 0.800. The Bertz CT molecular complexity index is 289. The van der Waals surface area contributed by atoms with E-state index in [0.29, 0.717) is 4.77 Å². The van der Waals surface area contributed by atoms with Gasteiger partial charge in [-0.15, -0.1) is 0 Å². The second-order valence-electron chi connectivity index (χ2n) is 2.44. The van der Waals surface area contributed by atoms with Gasteiger partial charge >= 0.3 is 0 Å². The first-order valence-electron chi connectivity index (χ1n) is 3.30. The van der Waals surface area contributed by atoms with Crippen LogP contribution in [0.25, 0.3) is 0 Å². The highest BCUT2D eigenvalue weighted by Crippen LogP contribution is 2.00. The van der Waals surface area contributed by atoms with E-state index < -0.39 is 0 Å². The van der Waals surface area contributed by atoms with Crippen LogP contribution in [0.3, 0.4) is 0 Å². The molecule has 5 nitrogen and oxygen atoms in total. The Kier molecular flexibility index (Phi) is 2.35. The lowest BCUT2D eigenvalue weighted by atomic mass is 10.4. The molecule has 0 unspecified atom stereocenters. The van der Waals surface area contributed by atoms with Crippen LogP contribution in [0.2, 0.25) is 0 Å². The minimum atomic E-state index is -0.217. The molecule has 0 saturated heterocycles. The maximum absolute atomic E-state index is 8.69. The third kappa shape index (κ3) is 1.46. The van der Waals surface area contributed by atoms with E-state index in [1.165, 1.54) is 4.68 Å². The van der Waals surface area contributed by atoms with Gasteiger partial charge in [-0.1, -0.05) is 0 Å². The van der Waals surface area contributed by atoms with Crippen LogP contribution in [0.1, 0.15) is 19.9 Å². The fourth-order valence-corrected chi connectivity index (χ4v) is 1.04. The molecule has 0 radical (unpaired) electrons. The van der Waals surface area contributed by atoms with Crippen molar-refractivity contribution in [3.05, 3.63) is 4.77 Å². The molecule has 0 bridgehead atoms. The van der Waals surface area contributed by atoms with Crippen molar-refractivity contribution >= 4 is 12.2 Å². The summed E-state index contributed by atoms with van der Waals surface area (Å²) >= 11 is 4.94. The summed E-state index contributed by atoms with van der Waals surface area (Å²) in [4.78, 5) is 0. The van der Waals surface area contributed by atoms with Gasteiger partial charge < -0.3 is 5.11 Å². The molecule has 0 saturated carbocycles. The Balaban J connectivity index is 3.11. The van der Waals surface area contributed by atoms with Crippen molar-refractivity contribution in [1.29, 1.82) is 0 Å². The Morgan fingerprint density at radius 1 is 1.55 bits per heavy atom. The molecule has 0 aliphatic heterocycles. The molecule has 0 amide bonds. The lowest BCUT2D eigenvalue weighted by molar-refractivity contribution is 0.190. The molecule has 1 heterocycles. The molecule has 11 heavy (non-hydrogen) atoms. The second kappa shape index (κ2) is 3.10. The maximum Gasteiger partial charge on any atom is 0.218 e. The first-order chi connectivity index (χ1) is 5.16. The summed E-state index contributed by atoms with van der Waals surface area (Å²) in [6.45, 7) is 3.68. The van der Waals surface area contributed by atoms with Crippen LogP contribution in [0.15, 0.2) is 0 Å². The number of aliphatic hydroxyl groups excluding tert-OH is 1. The van der Waals surface area contributed by atoms with Crippen molar-refractivity contribution in [2.45, 2.75) is 26.6 Å². The molecule has 0 aliphatic rings. The number of rotatable bonds is 2. The quantitative estimate of drug-likeness (QED) is 0.657. The van der Waals surface area contributed by atoms with Crippen molar-refractivity contribution in [3.8, 4) is 0 Å². The largest absolute Gasteiger partial charge is 0.374 e. The molecule has 1 N–H and O–H groups in total. The third-order valence-electron chi connectivity index (χ3n) is 1.28. The zero-order valence-electron chi connectivity index (χ0n) is 6.43.